The first-order chi connectivity index (χ1) is 12.5. The summed E-state index contributed by atoms with van der Waals surface area (Å²) in [5, 5.41) is 3.45. The number of carbonyl (C=O) groups is 1. The van der Waals surface area contributed by atoms with Gasteiger partial charge in [-0.2, -0.15) is 0 Å². The molecular formula is C19H37IN4O3. The lowest BCUT2D eigenvalue weighted by Gasteiger charge is -2.36. The molecule has 7 nitrogen and oxygen atoms in total. The van der Waals surface area contributed by atoms with Crippen LogP contribution in [0, 0.1) is 11.8 Å². The predicted octanol–water partition coefficient (Wildman–Crippen LogP) is 1.81. The lowest BCUT2D eigenvalue weighted by Crippen LogP contribution is -2.52. The summed E-state index contributed by atoms with van der Waals surface area (Å²) in [7, 11) is 1.79. The van der Waals surface area contributed by atoms with Crippen LogP contribution in [0.4, 0.5) is 0 Å². The van der Waals surface area contributed by atoms with Crippen molar-refractivity contribution in [1.29, 1.82) is 0 Å². The molecule has 0 aromatic heterocycles. The van der Waals surface area contributed by atoms with E-state index >= 15 is 0 Å². The normalized spacial score (nSPS) is 24.5. The van der Waals surface area contributed by atoms with Gasteiger partial charge in [-0.3, -0.25) is 14.7 Å². The highest BCUT2D eigenvalue weighted by Crippen LogP contribution is 2.18. The van der Waals surface area contributed by atoms with Gasteiger partial charge in [-0.1, -0.05) is 13.8 Å². The summed E-state index contributed by atoms with van der Waals surface area (Å²) in [6, 6.07) is 0. The maximum Gasteiger partial charge on any atom is 0.310 e. The number of hydrogen-bond acceptors (Lipinski definition) is 5. The summed E-state index contributed by atoms with van der Waals surface area (Å²) in [4.78, 5) is 21.1. The molecule has 27 heavy (non-hydrogen) atoms. The highest BCUT2D eigenvalue weighted by Gasteiger charge is 2.29. The molecule has 8 heteroatoms. The number of carbonyl (C=O) groups excluding carboxylic acids is 1. The van der Waals surface area contributed by atoms with Crippen LogP contribution in [0.15, 0.2) is 4.99 Å². The largest absolute Gasteiger partial charge is 0.466 e. The fourth-order valence-electron chi connectivity index (χ4n) is 3.75. The van der Waals surface area contributed by atoms with Crippen molar-refractivity contribution in [3.63, 3.8) is 0 Å². The monoisotopic (exact) mass is 496 g/mol. The molecule has 1 unspecified atom stereocenters. The maximum atomic E-state index is 12.0. The highest BCUT2D eigenvalue weighted by molar-refractivity contribution is 14.0. The van der Waals surface area contributed by atoms with E-state index in [-0.39, 0.29) is 42.0 Å². The molecule has 2 aliphatic heterocycles. The van der Waals surface area contributed by atoms with Crippen LogP contribution < -0.4 is 5.32 Å². The number of nitrogens with zero attached hydrogens (tertiary/aromatic N) is 3. The molecule has 2 heterocycles. The lowest BCUT2D eigenvalue weighted by molar-refractivity contribution is -0.149. The summed E-state index contributed by atoms with van der Waals surface area (Å²) >= 11 is 0. The number of rotatable bonds is 6. The van der Waals surface area contributed by atoms with E-state index in [0.717, 1.165) is 58.1 Å². The van der Waals surface area contributed by atoms with Gasteiger partial charge in [-0.15, -0.1) is 24.0 Å². The fraction of sp³-hybridized carbons (Fsp3) is 0.895. The zero-order valence-electron chi connectivity index (χ0n) is 17.3. The topological polar surface area (TPSA) is 66.4 Å². The number of likely N-dealkylation sites (tertiary alicyclic amines) is 1. The average Bonchev–Trinajstić information content (AvgIpc) is 2.62. The summed E-state index contributed by atoms with van der Waals surface area (Å²) in [5.41, 5.74) is 0. The van der Waals surface area contributed by atoms with Gasteiger partial charge in [0.2, 0.25) is 0 Å². The first-order valence-electron chi connectivity index (χ1n) is 9.99. The first kappa shape index (κ1) is 24.4. The molecule has 158 valence electrons. The van der Waals surface area contributed by atoms with E-state index in [0.29, 0.717) is 19.1 Å². The van der Waals surface area contributed by atoms with E-state index < -0.39 is 0 Å². The number of hydrogen-bond donors (Lipinski definition) is 1. The van der Waals surface area contributed by atoms with Gasteiger partial charge in [0.25, 0.3) is 0 Å². The van der Waals surface area contributed by atoms with Crippen molar-refractivity contribution in [2.75, 3.05) is 59.5 Å². The zero-order valence-corrected chi connectivity index (χ0v) is 19.6. The van der Waals surface area contributed by atoms with Crippen molar-refractivity contribution in [2.45, 2.75) is 39.7 Å². The Morgan fingerprint density at radius 2 is 2.11 bits per heavy atom. The minimum Gasteiger partial charge on any atom is -0.466 e. The molecule has 0 amide bonds. The molecule has 2 rings (SSSR count). The third-order valence-electron chi connectivity index (χ3n) is 4.89. The maximum absolute atomic E-state index is 12.0. The molecule has 2 saturated heterocycles. The van der Waals surface area contributed by atoms with E-state index in [1.54, 1.807) is 7.05 Å². The Bertz CT molecular complexity index is 476. The quantitative estimate of drug-likeness (QED) is 0.262. The molecule has 2 atom stereocenters. The second-order valence-electron chi connectivity index (χ2n) is 7.61. The Morgan fingerprint density at radius 3 is 2.78 bits per heavy atom. The summed E-state index contributed by atoms with van der Waals surface area (Å²) in [5.74, 6) is 1.37. The van der Waals surface area contributed by atoms with E-state index in [9.17, 15) is 4.79 Å². The summed E-state index contributed by atoms with van der Waals surface area (Å²) in [6.45, 7) is 13.0. The molecular weight excluding hydrogens is 459 g/mol. The molecule has 2 aliphatic rings. The molecule has 0 aromatic rings. The molecule has 0 radical (unpaired) electrons. The number of nitrogens with one attached hydrogen (secondary N) is 1. The van der Waals surface area contributed by atoms with Crippen molar-refractivity contribution < 1.29 is 14.3 Å². The summed E-state index contributed by atoms with van der Waals surface area (Å²) < 4.78 is 11.1. The standard InChI is InChI=1S/C19H36N4O3.HI/c1-5-25-18(24)16-7-6-8-23(13-16)19(20-4)21-11-17-14-22(9-10-26-17)12-15(2)3;/h15-17H,5-14H2,1-4H3,(H,20,21);1H/t16-,17?;/m1./s1. The van der Waals surface area contributed by atoms with Gasteiger partial charge in [0.1, 0.15) is 0 Å². The predicted molar refractivity (Wildman–Crippen MR) is 119 cm³/mol. The zero-order chi connectivity index (χ0) is 18.9. The highest BCUT2D eigenvalue weighted by atomic mass is 127. The first-order valence-corrected chi connectivity index (χ1v) is 9.99. The minimum absolute atomic E-state index is 0. The second-order valence-corrected chi connectivity index (χ2v) is 7.61. The minimum atomic E-state index is -0.0902. The van der Waals surface area contributed by atoms with Crippen molar-refractivity contribution in [1.82, 2.24) is 15.1 Å². The SMILES string of the molecule is CCOC(=O)[C@@H]1CCCN(C(=NC)NCC2CN(CC(C)C)CCO2)C1.I. The van der Waals surface area contributed by atoms with E-state index in [1.807, 2.05) is 6.92 Å². The molecule has 0 spiro atoms. The van der Waals surface area contributed by atoms with Crippen LogP contribution in [0.2, 0.25) is 0 Å². The van der Waals surface area contributed by atoms with E-state index in [2.05, 4.69) is 34.0 Å². The molecule has 0 bridgehead atoms. The molecule has 0 aromatic carbocycles. The van der Waals surface area contributed by atoms with Crippen LogP contribution in [-0.4, -0.2) is 87.4 Å². The van der Waals surface area contributed by atoms with Crippen molar-refractivity contribution in [3.8, 4) is 0 Å². The second kappa shape index (κ2) is 12.8. The lowest BCUT2D eigenvalue weighted by atomic mass is 9.98. The van der Waals surface area contributed by atoms with E-state index in [1.165, 1.54) is 0 Å². The summed E-state index contributed by atoms with van der Waals surface area (Å²) in [6.07, 6.45) is 2.04. The number of halogens is 1. The number of morpholine rings is 1. The molecule has 2 fully saturated rings. The van der Waals surface area contributed by atoms with Crippen LogP contribution in [0.3, 0.4) is 0 Å². The van der Waals surface area contributed by atoms with Gasteiger partial charge in [0.05, 0.1) is 25.2 Å². The Balaban J connectivity index is 0.00000364. The number of guanidine groups is 1. The van der Waals surface area contributed by atoms with E-state index in [4.69, 9.17) is 9.47 Å². The van der Waals surface area contributed by atoms with Gasteiger partial charge in [0.15, 0.2) is 5.96 Å². The number of ether oxygens (including phenoxy) is 2. The van der Waals surface area contributed by atoms with Gasteiger partial charge in [0, 0.05) is 46.3 Å². The fourth-order valence-corrected chi connectivity index (χ4v) is 3.75. The van der Waals surface area contributed by atoms with Crippen LogP contribution in [-0.2, 0) is 14.3 Å². The van der Waals surface area contributed by atoms with Crippen molar-refractivity contribution in [2.24, 2.45) is 16.8 Å². The molecule has 0 aliphatic carbocycles. The smallest absolute Gasteiger partial charge is 0.310 e. The third-order valence-corrected chi connectivity index (χ3v) is 4.89. The third kappa shape index (κ3) is 8.11. The van der Waals surface area contributed by atoms with Crippen LogP contribution in [0.1, 0.15) is 33.6 Å². The Morgan fingerprint density at radius 1 is 1.33 bits per heavy atom. The van der Waals surface area contributed by atoms with Gasteiger partial charge >= 0.3 is 5.97 Å². The Labute approximate surface area is 181 Å². The van der Waals surface area contributed by atoms with Gasteiger partial charge in [-0.25, -0.2) is 0 Å². The Kier molecular flexibility index (Phi) is 11.6. The van der Waals surface area contributed by atoms with Crippen molar-refractivity contribution >= 4 is 35.9 Å². The average molecular weight is 496 g/mol. The van der Waals surface area contributed by atoms with Gasteiger partial charge in [-0.05, 0) is 25.7 Å². The van der Waals surface area contributed by atoms with Crippen LogP contribution in [0.25, 0.3) is 0 Å². The van der Waals surface area contributed by atoms with Gasteiger partial charge < -0.3 is 19.7 Å². The molecule has 1 N–H and O–H groups in total. The number of piperidine rings is 1. The van der Waals surface area contributed by atoms with Crippen LogP contribution >= 0.6 is 24.0 Å². The van der Waals surface area contributed by atoms with Crippen molar-refractivity contribution in [3.05, 3.63) is 0 Å². The molecule has 0 saturated carbocycles. The van der Waals surface area contributed by atoms with Crippen LogP contribution in [0.5, 0.6) is 0 Å². The Hall–Kier alpha value is -0.610. The number of aliphatic imine (C=N–C) groups is 1. The number of esters is 1.